The molecule has 0 saturated heterocycles. The molecule has 1 atom stereocenters. The van der Waals surface area contributed by atoms with Gasteiger partial charge in [-0.2, -0.15) is 0 Å². The monoisotopic (exact) mass is 357 g/mol. The van der Waals surface area contributed by atoms with E-state index < -0.39 is 0 Å². The molecule has 2 heterocycles. The average molecular weight is 357 g/mol. The number of nitrogen functional groups attached to an aromatic ring is 1. The van der Waals surface area contributed by atoms with Gasteiger partial charge < -0.3 is 16.0 Å². The van der Waals surface area contributed by atoms with E-state index in [-0.39, 0.29) is 30.0 Å². The quantitative estimate of drug-likeness (QED) is 0.645. The molecule has 3 N–H and O–H groups in total. The molecule has 2 amide bonds. The van der Waals surface area contributed by atoms with Crippen LogP contribution in [0.5, 0.6) is 0 Å². The summed E-state index contributed by atoms with van der Waals surface area (Å²) in [7, 11) is 0. The molecule has 8 heteroatoms. The Bertz CT molecular complexity index is 806. The van der Waals surface area contributed by atoms with E-state index in [1.165, 1.54) is 11.8 Å². The molecule has 3 rings (SSSR count). The zero-order chi connectivity index (χ0) is 18.0. The number of nitrogens with one attached hydrogen (secondary N) is 1. The van der Waals surface area contributed by atoms with E-state index in [1.807, 2.05) is 32.0 Å². The van der Waals surface area contributed by atoms with Crippen LogP contribution in [-0.2, 0) is 9.59 Å². The molecule has 2 aromatic rings. The van der Waals surface area contributed by atoms with E-state index in [1.54, 1.807) is 17.0 Å². The highest BCUT2D eigenvalue weighted by Gasteiger charge is 2.29. The molecule has 0 fully saturated rings. The minimum absolute atomic E-state index is 0.0994. The molecule has 0 unspecified atom stereocenters. The third-order valence-electron chi connectivity index (χ3n) is 3.81. The van der Waals surface area contributed by atoms with Crippen molar-refractivity contribution in [2.75, 3.05) is 21.7 Å². The Kier molecular flexibility index (Phi) is 4.89. The van der Waals surface area contributed by atoms with Gasteiger partial charge in [0.25, 0.3) is 0 Å². The second kappa shape index (κ2) is 7.10. The molecule has 1 aromatic carbocycles. The van der Waals surface area contributed by atoms with E-state index in [9.17, 15) is 9.59 Å². The number of thioether (sulfide) groups is 1. The number of amides is 2. The highest BCUT2D eigenvalue weighted by molar-refractivity contribution is 7.99. The highest BCUT2D eigenvalue weighted by atomic mass is 32.2. The Morgan fingerprint density at radius 1 is 1.40 bits per heavy atom. The van der Waals surface area contributed by atoms with Crippen molar-refractivity contribution in [2.45, 2.75) is 31.5 Å². The predicted molar refractivity (Wildman–Crippen MR) is 98.5 cm³/mol. The molecule has 25 heavy (non-hydrogen) atoms. The van der Waals surface area contributed by atoms with Crippen LogP contribution in [0.15, 0.2) is 35.5 Å². The first kappa shape index (κ1) is 17.2. The van der Waals surface area contributed by atoms with Crippen molar-refractivity contribution in [2.24, 2.45) is 0 Å². The summed E-state index contributed by atoms with van der Waals surface area (Å²) in [5.41, 5.74) is 7.83. The molecule has 1 aliphatic heterocycles. The first-order valence-electron chi connectivity index (χ1n) is 7.89. The van der Waals surface area contributed by atoms with Gasteiger partial charge in [0.05, 0.1) is 17.1 Å². The number of nitrogens with two attached hydrogens (primary N) is 1. The van der Waals surface area contributed by atoms with Crippen LogP contribution in [0.3, 0.4) is 0 Å². The Balaban J connectivity index is 1.81. The number of fused-ring (bicyclic) bond motifs is 1. The van der Waals surface area contributed by atoms with Crippen molar-refractivity contribution in [3.63, 3.8) is 0 Å². The number of carbonyl (C=O) groups is 2. The third-order valence-corrected chi connectivity index (χ3v) is 4.64. The van der Waals surface area contributed by atoms with Gasteiger partial charge in [-0.15, -0.1) is 0 Å². The number of benzene rings is 1. The van der Waals surface area contributed by atoms with Crippen LogP contribution in [0.1, 0.15) is 19.0 Å². The van der Waals surface area contributed by atoms with Crippen LogP contribution >= 0.6 is 11.8 Å². The minimum atomic E-state index is -0.236. The van der Waals surface area contributed by atoms with Crippen molar-refractivity contribution >= 4 is 40.8 Å². The summed E-state index contributed by atoms with van der Waals surface area (Å²) >= 11 is 1.24. The largest absolute Gasteiger partial charge is 0.384 e. The molecule has 7 nitrogen and oxygen atoms in total. The Morgan fingerprint density at radius 2 is 2.16 bits per heavy atom. The fourth-order valence-electron chi connectivity index (χ4n) is 2.79. The number of anilines is 3. The lowest BCUT2D eigenvalue weighted by atomic mass is 10.2. The lowest BCUT2D eigenvalue weighted by Gasteiger charge is -2.27. The number of rotatable bonds is 3. The molecule has 0 bridgehead atoms. The summed E-state index contributed by atoms with van der Waals surface area (Å²) in [5, 5.41) is 3.31. The van der Waals surface area contributed by atoms with E-state index in [2.05, 4.69) is 15.3 Å². The van der Waals surface area contributed by atoms with Gasteiger partial charge in [-0.05, 0) is 26.0 Å². The molecule has 1 aromatic heterocycles. The lowest BCUT2D eigenvalue weighted by Crippen LogP contribution is -2.40. The SMILES string of the molecule is Cc1cc(N)nc(SCC(=O)N2c3ccccc3NC(=O)C[C@@H]2C)n1. The maximum Gasteiger partial charge on any atom is 0.237 e. The van der Waals surface area contributed by atoms with E-state index in [0.717, 1.165) is 5.69 Å². The molecule has 130 valence electrons. The number of aromatic nitrogens is 2. The molecule has 1 aliphatic rings. The summed E-state index contributed by atoms with van der Waals surface area (Å²) in [5.74, 6) is 0.337. The molecule has 0 saturated carbocycles. The zero-order valence-corrected chi connectivity index (χ0v) is 14.8. The summed E-state index contributed by atoms with van der Waals surface area (Å²) in [6.45, 7) is 3.69. The van der Waals surface area contributed by atoms with Gasteiger partial charge in [-0.3, -0.25) is 9.59 Å². The summed E-state index contributed by atoms with van der Waals surface area (Å²) in [6.07, 6.45) is 0.249. The van der Waals surface area contributed by atoms with Crippen molar-refractivity contribution in [1.82, 2.24) is 9.97 Å². The summed E-state index contributed by atoms with van der Waals surface area (Å²) in [4.78, 5) is 34.9. The Morgan fingerprint density at radius 3 is 2.92 bits per heavy atom. The predicted octanol–water partition coefficient (Wildman–Crippen LogP) is 2.22. The third kappa shape index (κ3) is 3.90. The van der Waals surface area contributed by atoms with Crippen molar-refractivity contribution < 1.29 is 9.59 Å². The topological polar surface area (TPSA) is 101 Å². The van der Waals surface area contributed by atoms with Gasteiger partial charge in [0, 0.05) is 24.2 Å². The fourth-order valence-corrected chi connectivity index (χ4v) is 3.56. The summed E-state index contributed by atoms with van der Waals surface area (Å²) < 4.78 is 0. The van der Waals surface area contributed by atoms with E-state index >= 15 is 0 Å². The van der Waals surface area contributed by atoms with Crippen molar-refractivity contribution in [1.29, 1.82) is 0 Å². The first-order chi connectivity index (χ1) is 11.9. The molecule has 0 radical (unpaired) electrons. The number of hydrogen-bond acceptors (Lipinski definition) is 6. The number of hydrogen-bond donors (Lipinski definition) is 2. The van der Waals surface area contributed by atoms with Crippen molar-refractivity contribution in [3.05, 3.63) is 36.0 Å². The fraction of sp³-hybridized carbons (Fsp3) is 0.294. The number of nitrogens with zero attached hydrogens (tertiary/aromatic N) is 3. The van der Waals surface area contributed by atoms with Gasteiger partial charge in [0.1, 0.15) is 5.82 Å². The molecular formula is C17H19N5O2S. The van der Waals surface area contributed by atoms with Crippen LogP contribution in [0.4, 0.5) is 17.2 Å². The normalized spacial score (nSPS) is 16.8. The number of carbonyl (C=O) groups excluding carboxylic acids is 2. The zero-order valence-electron chi connectivity index (χ0n) is 14.0. The second-order valence-corrected chi connectivity index (χ2v) is 6.83. The standard InChI is InChI=1S/C17H19N5O2S/c1-10-7-14(18)21-17(19-10)25-9-16(24)22-11(2)8-15(23)20-12-5-3-4-6-13(12)22/h3-7,11H,8-9H2,1-2H3,(H,20,23)(H2,18,19,21)/t11-/m0/s1. The minimum Gasteiger partial charge on any atom is -0.384 e. The first-order valence-corrected chi connectivity index (χ1v) is 8.87. The van der Waals surface area contributed by atoms with E-state index in [0.29, 0.717) is 22.3 Å². The van der Waals surface area contributed by atoms with Crippen LogP contribution in [0.2, 0.25) is 0 Å². The van der Waals surface area contributed by atoms with Crippen LogP contribution in [0, 0.1) is 6.92 Å². The smallest absolute Gasteiger partial charge is 0.237 e. The summed E-state index contributed by atoms with van der Waals surface area (Å²) in [6, 6.07) is 8.75. The molecule has 0 aliphatic carbocycles. The number of para-hydroxylation sites is 2. The van der Waals surface area contributed by atoms with Crippen LogP contribution in [0.25, 0.3) is 0 Å². The van der Waals surface area contributed by atoms with Gasteiger partial charge in [0.2, 0.25) is 11.8 Å². The van der Waals surface area contributed by atoms with Gasteiger partial charge in [-0.1, -0.05) is 23.9 Å². The molecular weight excluding hydrogens is 338 g/mol. The maximum absolute atomic E-state index is 12.9. The Hall–Kier alpha value is -2.61. The Labute approximate surface area is 150 Å². The van der Waals surface area contributed by atoms with Gasteiger partial charge in [-0.25, -0.2) is 9.97 Å². The molecule has 0 spiro atoms. The van der Waals surface area contributed by atoms with Gasteiger partial charge in [0.15, 0.2) is 5.16 Å². The second-order valence-electron chi connectivity index (χ2n) is 5.89. The van der Waals surface area contributed by atoms with Crippen molar-refractivity contribution in [3.8, 4) is 0 Å². The lowest BCUT2D eigenvalue weighted by molar-refractivity contribution is -0.117. The highest BCUT2D eigenvalue weighted by Crippen LogP contribution is 2.32. The van der Waals surface area contributed by atoms with Crippen LogP contribution < -0.4 is 16.0 Å². The number of aryl methyl sites for hydroxylation is 1. The average Bonchev–Trinajstić information content (AvgIpc) is 2.66. The maximum atomic E-state index is 12.9. The van der Waals surface area contributed by atoms with Gasteiger partial charge >= 0.3 is 0 Å². The van der Waals surface area contributed by atoms with E-state index in [4.69, 9.17) is 5.73 Å². The van der Waals surface area contributed by atoms with Crippen LogP contribution in [-0.4, -0.2) is 33.6 Å².